The van der Waals surface area contributed by atoms with Crippen molar-refractivity contribution in [1.82, 2.24) is 9.80 Å². The monoisotopic (exact) mass is 628 g/mol. The lowest BCUT2D eigenvalue weighted by Crippen LogP contribution is -2.48. The number of fused-ring (bicyclic) bond motifs is 1. The lowest BCUT2D eigenvalue weighted by atomic mass is 9.93. The predicted octanol–water partition coefficient (Wildman–Crippen LogP) is 4.43. The summed E-state index contributed by atoms with van der Waals surface area (Å²) < 4.78 is 2.32. The maximum atomic E-state index is 13.2. The van der Waals surface area contributed by atoms with E-state index in [2.05, 4.69) is 69.6 Å². The van der Waals surface area contributed by atoms with Gasteiger partial charge in [0.1, 0.15) is 11.4 Å². The Labute approximate surface area is 203 Å². The van der Waals surface area contributed by atoms with Gasteiger partial charge in [-0.2, -0.15) is 0 Å². The molecular weight excluding hydrogens is 606 g/mol. The first-order valence-electron chi connectivity index (χ1n) is 9.42. The molecule has 0 atom stereocenters. The number of carbonyl (C=O) groups is 1. The van der Waals surface area contributed by atoms with E-state index < -0.39 is 0 Å². The Hall–Kier alpha value is -1.79. The molecule has 8 heteroatoms. The van der Waals surface area contributed by atoms with E-state index in [-0.39, 0.29) is 17.3 Å². The number of hydrogen-bond donors (Lipinski definition) is 1. The SMILES string of the molecule is C=C(/C=C\CCN)C1=CN2CCN(Cc3ccc(I)c(I)c3)C(=O)C2=C(N=O)C1=C. The summed E-state index contributed by atoms with van der Waals surface area (Å²) in [6.45, 7) is 10.2. The van der Waals surface area contributed by atoms with Gasteiger partial charge in [-0.05, 0) is 86.6 Å². The van der Waals surface area contributed by atoms with Crippen LogP contribution in [0.5, 0.6) is 0 Å². The van der Waals surface area contributed by atoms with E-state index in [1.807, 2.05) is 30.5 Å². The number of piperazine rings is 1. The van der Waals surface area contributed by atoms with E-state index in [1.165, 1.54) is 3.57 Å². The first kappa shape index (κ1) is 22.9. The summed E-state index contributed by atoms with van der Waals surface area (Å²) in [5.41, 5.74) is 8.75. The molecule has 0 bridgehead atoms. The summed E-state index contributed by atoms with van der Waals surface area (Å²) in [4.78, 5) is 28.4. The summed E-state index contributed by atoms with van der Waals surface area (Å²) in [5.74, 6) is -0.217. The second kappa shape index (κ2) is 10.0. The van der Waals surface area contributed by atoms with Crippen molar-refractivity contribution in [3.8, 4) is 0 Å². The molecule has 2 N–H and O–H groups in total. The van der Waals surface area contributed by atoms with Gasteiger partial charge in [0, 0.05) is 44.1 Å². The van der Waals surface area contributed by atoms with Crippen LogP contribution in [0.25, 0.3) is 0 Å². The van der Waals surface area contributed by atoms with Crippen LogP contribution in [-0.4, -0.2) is 35.3 Å². The highest BCUT2D eigenvalue weighted by Gasteiger charge is 2.36. The molecule has 1 fully saturated rings. The Morgan fingerprint density at radius 3 is 2.70 bits per heavy atom. The highest BCUT2D eigenvalue weighted by molar-refractivity contribution is 14.1. The Bertz CT molecular complexity index is 1010. The van der Waals surface area contributed by atoms with E-state index in [0.717, 1.165) is 15.6 Å². The van der Waals surface area contributed by atoms with E-state index in [0.29, 0.717) is 42.9 Å². The summed E-state index contributed by atoms with van der Waals surface area (Å²) >= 11 is 4.57. The van der Waals surface area contributed by atoms with Crippen LogP contribution >= 0.6 is 45.2 Å². The highest BCUT2D eigenvalue weighted by Crippen LogP contribution is 2.36. The molecule has 0 unspecified atom stereocenters. The third-order valence-corrected chi connectivity index (χ3v) is 7.82. The van der Waals surface area contributed by atoms with E-state index >= 15 is 0 Å². The number of rotatable bonds is 7. The van der Waals surface area contributed by atoms with Gasteiger partial charge in [-0.15, -0.1) is 4.91 Å². The van der Waals surface area contributed by atoms with Gasteiger partial charge < -0.3 is 15.5 Å². The number of hydrogen-bond acceptors (Lipinski definition) is 5. The van der Waals surface area contributed by atoms with Crippen LogP contribution < -0.4 is 5.73 Å². The Morgan fingerprint density at radius 1 is 1.27 bits per heavy atom. The largest absolute Gasteiger partial charge is 0.339 e. The van der Waals surface area contributed by atoms with Gasteiger partial charge in [0.25, 0.3) is 5.91 Å². The first-order chi connectivity index (χ1) is 14.4. The van der Waals surface area contributed by atoms with Crippen LogP contribution in [0.2, 0.25) is 0 Å². The summed E-state index contributed by atoms with van der Waals surface area (Å²) in [7, 11) is 0. The maximum absolute atomic E-state index is 13.2. The lowest BCUT2D eigenvalue weighted by Gasteiger charge is -2.39. The molecule has 0 saturated carbocycles. The topological polar surface area (TPSA) is 79.0 Å². The quantitative estimate of drug-likeness (QED) is 0.276. The molecule has 0 spiro atoms. The lowest BCUT2D eigenvalue weighted by molar-refractivity contribution is -0.131. The minimum Gasteiger partial charge on any atom is -0.339 e. The molecule has 1 aromatic carbocycles. The molecule has 30 heavy (non-hydrogen) atoms. The summed E-state index contributed by atoms with van der Waals surface area (Å²) in [6, 6.07) is 6.13. The predicted molar refractivity (Wildman–Crippen MR) is 136 cm³/mol. The van der Waals surface area contributed by atoms with Gasteiger partial charge in [-0.25, -0.2) is 0 Å². The van der Waals surface area contributed by atoms with Crippen LogP contribution in [0.3, 0.4) is 0 Å². The molecule has 156 valence electrons. The van der Waals surface area contributed by atoms with E-state index in [1.54, 1.807) is 9.80 Å². The number of carbonyl (C=O) groups excluding carboxylic acids is 1. The summed E-state index contributed by atoms with van der Waals surface area (Å²) in [5, 5.41) is 3.17. The molecule has 6 nitrogen and oxygen atoms in total. The van der Waals surface area contributed by atoms with Crippen molar-refractivity contribution in [3.05, 3.63) is 95.4 Å². The van der Waals surface area contributed by atoms with Crippen LogP contribution in [0.4, 0.5) is 0 Å². The van der Waals surface area contributed by atoms with Crippen molar-refractivity contribution in [2.24, 2.45) is 10.9 Å². The van der Waals surface area contributed by atoms with Gasteiger partial charge in [0.15, 0.2) is 0 Å². The highest BCUT2D eigenvalue weighted by atomic mass is 127. The zero-order chi connectivity index (χ0) is 21.8. The van der Waals surface area contributed by atoms with Crippen LogP contribution in [0.1, 0.15) is 12.0 Å². The molecule has 2 aliphatic heterocycles. The maximum Gasteiger partial charge on any atom is 0.273 e. The molecule has 1 saturated heterocycles. The molecule has 3 rings (SSSR count). The molecule has 0 aliphatic carbocycles. The van der Waals surface area contributed by atoms with Gasteiger partial charge in [0.2, 0.25) is 0 Å². The van der Waals surface area contributed by atoms with E-state index in [9.17, 15) is 9.70 Å². The number of benzene rings is 1. The van der Waals surface area contributed by atoms with Gasteiger partial charge in [-0.3, -0.25) is 4.79 Å². The van der Waals surface area contributed by atoms with Gasteiger partial charge >= 0.3 is 0 Å². The van der Waals surface area contributed by atoms with Gasteiger partial charge in [0.05, 0.1) is 0 Å². The van der Waals surface area contributed by atoms with Crippen molar-refractivity contribution in [2.75, 3.05) is 19.6 Å². The minimum absolute atomic E-state index is 0.0766. The average Bonchev–Trinajstić information content (AvgIpc) is 2.72. The fraction of sp³-hybridized carbons (Fsp3) is 0.227. The fourth-order valence-corrected chi connectivity index (χ4v) is 4.30. The average molecular weight is 628 g/mol. The molecule has 0 radical (unpaired) electrons. The third-order valence-electron chi connectivity index (χ3n) is 4.96. The molecule has 2 aliphatic rings. The Balaban J connectivity index is 1.86. The molecular formula is C22H22I2N4O2. The number of nitroso groups, excluding NO2 is 1. The minimum atomic E-state index is -0.217. The van der Waals surface area contributed by atoms with Crippen molar-refractivity contribution in [2.45, 2.75) is 13.0 Å². The number of nitrogens with two attached hydrogens (primary N) is 1. The molecule has 0 aromatic heterocycles. The first-order valence-corrected chi connectivity index (χ1v) is 11.6. The normalized spacial score (nSPS) is 16.8. The zero-order valence-corrected chi connectivity index (χ0v) is 20.7. The third kappa shape index (κ3) is 4.75. The van der Waals surface area contributed by atoms with Crippen molar-refractivity contribution < 1.29 is 4.79 Å². The van der Waals surface area contributed by atoms with Crippen LogP contribution in [0, 0.1) is 12.0 Å². The number of allylic oxidation sites excluding steroid dienone is 3. The number of halogens is 2. The van der Waals surface area contributed by atoms with Crippen LogP contribution in [0.15, 0.2) is 83.0 Å². The van der Waals surface area contributed by atoms with Gasteiger partial charge in [-0.1, -0.05) is 31.4 Å². The molecule has 2 heterocycles. The second-order valence-corrected chi connectivity index (χ2v) is 9.31. The Morgan fingerprint density at radius 2 is 2.03 bits per heavy atom. The Kier molecular flexibility index (Phi) is 7.64. The number of nitrogens with zero attached hydrogens (tertiary/aromatic N) is 3. The van der Waals surface area contributed by atoms with Crippen molar-refractivity contribution in [1.29, 1.82) is 0 Å². The smallest absolute Gasteiger partial charge is 0.273 e. The molecule has 1 amide bonds. The summed E-state index contributed by atoms with van der Waals surface area (Å²) in [6.07, 6.45) is 6.35. The number of amides is 1. The fourth-order valence-electron chi connectivity index (χ4n) is 3.38. The van der Waals surface area contributed by atoms with Crippen molar-refractivity contribution in [3.63, 3.8) is 0 Å². The molecule has 1 aromatic rings. The standard InChI is InChI=1S/C22H22I2N4O2/c1-14(5-3-4-8-25)17-13-27-9-10-28(12-16-6-7-18(23)19(24)11-16)22(29)21(27)20(26-30)15(17)2/h3,5-7,11,13H,1-2,4,8-10,12,25H2/b5-3-. The van der Waals surface area contributed by atoms with Crippen molar-refractivity contribution >= 4 is 51.1 Å². The van der Waals surface area contributed by atoms with E-state index in [4.69, 9.17) is 5.73 Å². The second-order valence-electron chi connectivity index (χ2n) is 6.98. The van der Waals surface area contributed by atoms with Crippen LogP contribution in [-0.2, 0) is 11.3 Å². The zero-order valence-electron chi connectivity index (χ0n) is 16.4.